The Hall–Kier alpha value is -1.46. The molecule has 0 radical (unpaired) electrons. The number of ether oxygens (including phenoxy) is 1. The van der Waals surface area contributed by atoms with Crippen molar-refractivity contribution in [1.29, 1.82) is 0 Å². The second kappa shape index (κ2) is 8.61. The monoisotopic (exact) mass is 268 g/mol. The van der Waals surface area contributed by atoms with Crippen LogP contribution < -0.4 is 5.32 Å². The summed E-state index contributed by atoms with van der Waals surface area (Å²) in [5.74, 6) is -0.261. The Labute approximate surface area is 113 Å². The maximum Gasteiger partial charge on any atom is 0.234 e. The summed E-state index contributed by atoms with van der Waals surface area (Å²) in [6.45, 7) is 2.21. The van der Waals surface area contributed by atoms with E-state index in [1.54, 1.807) is 19.2 Å². The van der Waals surface area contributed by atoms with Gasteiger partial charge in [-0.05, 0) is 31.2 Å². The van der Waals surface area contributed by atoms with Gasteiger partial charge >= 0.3 is 0 Å². The van der Waals surface area contributed by atoms with Crippen molar-refractivity contribution in [2.45, 2.75) is 13.0 Å². The number of nitrogens with zero attached hydrogens (tertiary/aromatic N) is 1. The van der Waals surface area contributed by atoms with Gasteiger partial charge in [-0.1, -0.05) is 12.1 Å². The van der Waals surface area contributed by atoms with E-state index in [4.69, 9.17) is 4.74 Å². The van der Waals surface area contributed by atoms with Gasteiger partial charge in [0, 0.05) is 26.8 Å². The second-order valence-corrected chi connectivity index (χ2v) is 4.50. The first-order valence-electron chi connectivity index (χ1n) is 6.30. The molecule has 0 saturated heterocycles. The zero-order valence-corrected chi connectivity index (χ0v) is 11.5. The maximum atomic E-state index is 12.7. The fourth-order valence-electron chi connectivity index (χ4n) is 1.70. The largest absolute Gasteiger partial charge is 0.385 e. The minimum absolute atomic E-state index is 0.0132. The molecule has 4 nitrogen and oxygen atoms in total. The molecule has 0 heterocycles. The fraction of sp³-hybridized carbons (Fsp3) is 0.500. The number of hydrogen-bond acceptors (Lipinski definition) is 3. The van der Waals surface area contributed by atoms with Gasteiger partial charge in [-0.15, -0.1) is 0 Å². The third-order valence-corrected chi connectivity index (χ3v) is 2.63. The lowest BCUT2D eigenvalue weighted by molar-refractivity contribution is -0.122. The van der Waals surface area contributed by atoms with Gasteiger partial charge in [-0.3, -0.25) is 9.69 Å². The van der Waals surface area contributed by atoms with Crippen molar-refractivity contribution in [3.63, 3.8) is 0 Å². The topological polar surface area (TPSA) is 41.6 Å². The minimum Gasteiger partial charge on any atom is -0.385 e. The highest BCUT2D eigenvalue weighted by atomic mass is 19.1. The number of rotatable bonds is 8. The smallest absolute Gasteiger partial charge is 0.234 e. The van der Waals surface area contributed by atoms with Crippen LogP contribution in [-0.4, -0.2) is 44.7 Å². The van der Waals surface area contributed by atoms with E-state index >= 15 is 0 Å². The molecule has 19 heavy (non-hydrogen) atoms. The molecule has 1 aromatic carbocycles. The van der Waals surface area contributed by atoms with Gasteiger partial charge in [-0.2, -0.15) is 0 Å². The van der Waals surface area contributed by atoms with E-state index in [1.807, 2.05) is 11.9 Å². The van der Waals surface area contributed by atoms with Crippen LogP contribution in [0.5, 0.6) is 0 Å². The predicted molar refractivity (Wildman–Crippen MR) is 72.2 cm³/mol. The minimum atomic E-state index is -0.248. The lowest BCUT2D eigenvalue weighted by atomic mass is 10.2. The van der Waals surface area contributed by atoms with E-state index in [0.29, 0.717) is 26.2 Å². The van der Waals surface area contributed by atoms with Crippen molar-refractivity contribution in [3.8, 4) is 0 Å². The lowest BCUT2D eigenvalue weighted by Crippen LogP contribution is -2.35. The van der Waals surface area contributed by atoms with Crippen LogP contribution >= 0.6 is 0 Å². The molecule has 1 amide bonds. The number of benzene rings is 1. The highest BCUT2D eigenvalue weighted by Gasteiger charge is 2.06. The summed E-state index contributed by atoms with van der Waals surface area (Å²) in [5.41, 5.74) is 0.982. The average Bonchev–Trinajstić information content (AvgIpc) is 2.37. The predicted octanol–water partition coefficient (Wildman–Crippen LogP) is 1.41. The van der Waals surface area contributed by atoms with Crippen LogP contribution in [0.25, 0.3) is 0 Å². The summed E-state index contributed by atoms with van der Waals surface area (Å²) in [4.78, 5) is 13.5. The highest BCUT2D eigenvalue weighted by Crippen LogP contribution is 2.05. The fourth-order valence-corrected chi connectivity index (χ4v) is 1.70. The molecule has 0 aliphatic carbocycles. The molecule has 5 heteroatoms. The molecule has 0 spiro atoms. The van der Waals surface area contributed by atoms with Crippen molar-refractivity contribution in [1.82, 2.24) is 10.2 Å². The molecule has 0 aromatic heterocycles. The Bertz CT molecular complexity index is 382. The molecule has 1 rings (SSSR count). The number of methoxy groups -OCH3 is 1. The van der Waals surface area contributed by atoms with Gasteiger partial charge in [-0.25, -0.2) is 4.39 Å². The Balaban J connectivity index is 2.24. The van der Waals surface area contributed by atoms with Crippen molar-refractivity contribution in [2.24, 2.45) is 0 Å². The van der Waals surface area contributed by atoms with E-state index in [9.17, 15) is 9.18 Å². The van der Waals surface area contributed by atoms with Crippen LogP contribution in [0.1, 0.15) is 12.0 Å². The lowest BCUT2D eigenvalue weighted by Gasteiger charge is -2.16. The third kappa shape index (κ3) is 6.88. The molecule has 0 saturated carbocycles. The van der Waals surface area contributed by atoms with E-state index < -0.39 is 0 Å². The van der Waals surface area contributed by atoms with Gasteiger partial charge in [0.1, 0.15) is 5.82 Å². The summed E-state index contributed by atoms with van der Waals surface area (Å²) in [6.07, 6.45) is 0.809. The van der Waals surface area contributed by atoms with Crippen LogP contribution in [0.2, 0.25) is 0 Å². The van der Waals surface area contributed by atoms with E-state index in [0.717, 1.165) is 12.0 Å². The van der Waals surface area contributed by atoms with Gasteiger partial charge in [0.2, 0.25) is 5.91 Å². The Kier molecular flexibility index (Phi) is 7.07. The standard InChI is InChI=1S/C14H21FN2O2/c1-17(10-12-4-6-13(15)7-5-12)11-14(18)16-8-3-9-19-2/h4-7H,3,8-11H2,1-2H3,(H,16,18). The van der Waals surface area contributed by atoms with Gasteiger partial charge in [0.05, 0.1) is 6.54 Å². The summed E-state index contributed by atoms with van der Waals surface area (Å²) in [7, 11) is 3.50. The third-order valence-electron chi connectivity index (χ3n) is 2.63. The van der Waals surface area contributed by atoms with E-state index in [2.05, 4.69) is 5.32 Å². The molecule has 0 fully saturated rings. The molecule has 0 aliphatic heterocycles. The maximum absolute atomic E-state index is 12.7. The summed E-state index contributed by atoms with van der Waals surface area (Å²) >= 11 is 0. The average molecular weight is 268 g/mol. The summed E-state index contributed by atoms with van der Waals surface area (Å²) in [5, 5.41) is 2.82. The number of halogens is 1. The number of likely N-dealkylation sites (N-methyl/N-ethyl adjacent to an activating group) is 1. The molecular weight excluding hydrogens is 247 g/mol. The number of carbonyl (C=O) groups is 1. The van der Waals surface area contributed by atoms with Gasteiger partial charge < -0.3 is 10.1 Å². The van der Waals surface area contributed by atoms with Crippen molar-refractivity contribution < 1.29 is 13.9 Å². The van der Waals surface area contributed by atoms with Crippen LogP contribution in [0.15, 0.2) is 24.3 Å². The molecule has 0 bridgehead atoms. The SMILES string of the molecule is COCCCNC(=O)CN(C)Cc1ccc(F)cc1. The second-order valence-electron chi connectivity index (χ2n) is 4.50. The molecule has 0 unspecified atom stereocenters. The molecule has 1 aromatic rings. The van der Waals surface area contributed by atoms with Crippen LogP contribution in [0.4, 0.5) is 4.39 Å². The molecule has 1 N–H and O–H groups in total. The summed E-state index contributed by atoms with van der Waals surface area (Å²) < 4.78 is 17.6. The zero-order valence-electron chi connectivity index (χ0n) is 11.5. The quantitative estimate of drug-likeness (QED) is 0.725. The number of carbonyl (C=O) groups excluding carboxylic acids is 1. The van der Waals surface area contributed by atoms with Crippen LogP contribution in [0.3, 0.4) is 0 Å². The Morgan fingerprint density at radius 3 is 2.68 bits per heavy atom. The van der Waals surface area contributed by atoms with Gasteiger partial charge in [0.25, 0.3) is 0 Å². The first kappa shape index (κ1) is 15.6. The first-order chi connectivity index (χ1) is 9.11. The van der Waals surface area contributed by atoms with Crippen molar-refractivity contribution in [3.05, 3.63) is 35.6 Å². The number of amides is 1. The van der Waals surface area contributed by atoms with E-state index in [-0.39, 0.29) is 11.7 Å². The molecule has 0 aliphatic rings. The molecular formula is C14H21FN2O2. The van der Waals surface area contributed by atoms with E-state index in [1.165, 1.54) is 12.1 Å². The number of nitrogens with one attached hydrogen (secondary N) is 1. The van der Waals surface area contributed by atoms with Crippen molar-refractivity contribution >= 4 is 5.91 Å². The van der Waals surface area contributed by atoms with Crippen LogP contribution in [-0.2, 0) is 16.1 Å². The Morgan fingerprint density at radius 1 is 1.37 bits per heavy atom. The normalized spacial score (nSPS) is 10.7. The Morgan fingerprint density at radius 2 is 2.05 bits per heavy atom. The highest BCUT2D eigenvalue weighted by molar-refractivity contribution is 5.77. The molecule has 106 valence electrons. The number of hydrogen-bond donors (Lipinski definition) is 1. The summed E-state index contributed by atoms with van der Waals surface area (Å²) in [6, 6.07) is 6.30. The first-order valence-corrected chi connectivity index (χ1v) is 6.30. The van der Waals surface area contributed by atoms with Crippen molar-refractivity contribution in [2.75, 3.05) is 33.9 Å². The van der Waals surface area contributed by atoms with Crippen LogP contribution in [0, 0.1) is 5.82 Å². The zero-order chi connectivity index (χ0) is 14.1. The molecule has 0 atom stereocenters. The van der Waals surface area contributed by atoms with Gasteiger partial charge in [0.15, 0.2) is 0 Å².